The molecular weight excluding hydrogens is 510 g/mol. The lowest BCUT2D eigenvalue weighted by Gasteiger charge is -2.18. The summed E-state index contributed by atoms with van der Waals surface area (Å²) in [6.07, 6.45) is 1.43. The highest BCUT2D eigenvalue weighted by Gasteiger charge is 2.38. The maximum absolute atomic E-state index is 13.4. The SMILES string of the molecule is COC(=O)C1=C(C)N(c2ccc(C)c(Cl)c2)C(=O)C1=Cc1ccc(CNC(=O)C(=O)Nc2ccccc2)o1. The van der Waals surface area contributed by atoms with Crippen molar-refractivity contribution in [3.8, 4) is 0 Å². The number of anilines is 2. The molecule has 0 fully saturated rings. The number of methoxy groups -OCH3 is 1. The minimum Gasteiger partial charge on any atom is -0.465 e. The molecular formula is C28H24ClN3O6. The highest BCUT2D eigenvalue weighted by molar-refractivity contribution is 6.39. The normalized spacial score (nSPS) is 14.2. The van der Waals surface area contributed by atoms with E-state index in [0.717, 1.165) is 5.56 Å². The number of para-hydroxylation sites is 1. The second-order valence-electron chi connectivity index (χ2n) is 8.39. The number of halogens is 1. The van der Waals surface area contributed by atoms with Crippen molar-refractivity contribution in [2.24, 2.45) is 0 Å². The number of carbonyl (C=O) groups excluding carboxylic acids is 4. The summed E-state index contributed by atoms with van der Waals surface area (Å²) in [7, 11) is 1.23. The first-order chi connectivity index (χ1) is 18.2. The molecule has 0 spiro atoms. The Labute approximate surface area is 223 Å². The molecule has 1 aliphatic rings. The second-order valence-corrected chi connectivity index (χ2v) is 8.80. The molecule has 0 bridgehead atoms. The second kappa shape index (κ2) is 11.2. The quantitative estimate of drug-likeness (QED) is 0.276. The van der Waals surface area contributed by atoms with Gasteiger partial charge in [0.2, 0.25) is 0 Å². The van der Waals surface area contributed by atoms with Crippen LogP contribution in [0.15, 0.2) is 81.9 Å². The lowest BCUT2D eigenvalue weighted by atomic mass is 10.1. The predicted octanol–water partition coefficient (Wildman–Crippen LogP) is 4.37. The highest BCUT2D eigenvalue weighted by Crippen LogP contribution is 2.37. The molecule has 0 unspecified atom stereocenters. The Hall–Kier alpha value is -4.63. The number of furan rings is 1. The first-order valence-electron chi connectivity index (χ1n) is 11.5. The molecule has 194 valence electrons. The number of allylic oxidation sites excluding steroid dienone is 1. The fourth-order valence-electron chi connectivity index (χ4n) is 3.88. The number of rotatable bonds is 6. The van der Waals surface area contributed by atoms with Crippen LogP contribution in [-0.2, 0) is 30.5 Å². The summed E-state index contributed by atoms with van der Waals surface area (Å²) in [6, 6.07) is 16.9. The minimum atomic E-state index is -0.838. The molecule has 1 aromatic heterocycles. The fourth-order valence-corrected chi connectivity index (χ4v) is 4.05. The third-order valence-electron chi connectivity index (χ3n) is 5.83. The Morgan fingerprint density at radius 1 is 1.03 bits per heavy atom. The lowest BCUT2D eigenvalue weighted by molar-refractivity contribution is -0.136. The number of nitrogens with one attached hydrogen (secondary N) is 2. The van der Waals surface area contributed by atoms with Crippen LogP contribution in [0.2, 0.25) is 5.02 Å². The number of benzene rings is 2. The van der Waals surface area contributed by atoms with E-state index in [2.05, 4.69) is 10.6 Å². The Morgan fingerprint density at radius 2 is 1.76 bits per heavy atom. The van der Waals surface area contributed by atoms with Gasteiger partial charge in [-0.1, -0.05) is 35.9 Å². The van der Waals surface area contributed by atoms with Gasteiger partial charge in [-0.05, 0) is 61.9 Å². The van der Waals surface area contributed by atoms with Gasteiger partial charge in [0.1, 0.15) is 11.5 Å². The topological polar surface area (TPSA) is 118 Å². The summed E-state index contributed by atoms with van der Waals surface area (Å²) in [4.78, 5) is 51.7. The number of ether oxygens (including phenoxy) is 1. The van der Waals surface area contributed by atoms with Gasteiger partial charge in [0, 0.05) is 16.4 Å². The molecule has 1 aliphatic heterocycles. The molecule has 3 amide bonds. The zero-order valence-electron chi connectivity index (χ0n) is 20.8. The van der Waals surface area contributed by atoms with Crippen molar-refractivity contribution in [1.82, 2.24) is 5.32 Å². The standard InChI is InChI=1S/C28H24ClN3O6/c1-16-9-10-19(13-23(16)29)32-17(2)24(28(36)37-3)22(27(32)35)14-20-11-12-21(38-20)15-30-25(33)26(34)31-18-7-5-4-6-8-18/h4-14H,15H2,1-3H3,(H,30,33)(H,31,34). The number of hydrogen-bond acceptors (Lipinski definition) is 6. The van der Waals surface area contributed by atoms with E-state index < -0.39 is 23.7 Å². The van der Waals surface area contributed by atoms with E-state index in [-0.39, 0.29) is 23.5 Å². The maximum atomic E-state index is 13.4. The van der Waals surface area contributed by atoms with E-state index in [1.54, 1.807) is 67.6 Å². The van der Waals surface area contributed by atoms with E-state index in [4.69, 9.17) is 20.8 Å². The van der Waals surface area contributed by atoms with Crippen LogP contribution in [0.3, 0.4) is 0 Å². The summed E-state index contributed by atoms with van der Waals surface area (Å²) in [6.45, 7) is 3.42. The van der Waals surface area contributed by atoms with Crippen molar-refractivity contribution in [2.45, 2.75) is 20.4 Å². The zero-order valence-corrected chi connectivity index (χ0v) is 21.6. The molecule has 3 aromatic rings. The zero-order chi connectivity index (χ0) is 27.4. The number of carbonyl (C=O) groups is 4. The first kappa shape index (κ1) is 26.4. The van der Waals surface area contributed by atoms with Gasteiger partial charge in [0.25, 0.3) is 5.91 Å². The largest absolute Gasteiger partial charge is 0.465 e. The molecule has 10 heteroatoms. The van der Waals surface area contributed by atoms with E-state index in [1.807, 2.05) is 6.92 Å². The number of amides is 3. The number of hydrogen-bond donors (Lipinski definition) is 2. The Balaban J connectivity index is 1.52. The third kappa shape index (κ3) is 5.52. The van der Waals surface area contributed by atoms with E-state index in [0.29, 0.717) is 27.9 Å². The van der Waals surface area contributed by atoms with Crippen molar-refractivity contribution in [1.29, 1.82) is 0 Å². The van der Waals surface area contributed by atoms with Crippen molar-refractivity contribution >= 4 is 52.7 Å². The molecule has 0 atom stereocenters. The first-order valence-corrected chi connectivity index (χ1v) is 11.9. The van der Waals surface area contributed by atoms with Crippen LogP contribution in [0.4, 0.5) is 11.4 Å². The summed E-state index contributed by atoms with van der Waals surface area (Å²) < 4.78 is 10.7. The predicted molar refractivity (Wildman–Crippen MR) is 142 cm³/mol. The van der Waals surface area contributed by atoms with Crippen molar-refractivity contribution in [3.05, 3.63) is 99.6 Å². The molecule has 38 heavy (non-hydrogen) atoms. The van der Waals surface area contributed by atoms with Crippen LogP contribution >= 0.6 is 11.6 Å². The highest BCUT2D eigenvalue weighted by atomic mass is 35.5. The van der Waals surface area contributed by atoms with E-state index in [1.165, 1.54) is 18.1 Å². The average Bonchev–Trinajstić information content (AvgIpc) is 3.46. The summed E-state index contributed by atoms with van der Waals surface area (Å²) in [5.74, 6) is -2.18. The molecule has 2 N–H and O–H groups in total. The Kier molecular flexibility index (Phi) is 7.78. The maximum Gasteiger partial charge on any atom is 0.340 e. The fraction of sp³-hybridized carbons (Fsp3) is 0.143. The van der Waals surface area contributed by atoms with E-state index >= 15 is 0 Å². The number of esters is 1. The molecule has 2 heterocycles. The molecule has 0 saturated heterocycles. The van der Waals surface area contributed by atoms with Crippen LogP contribution in [0, 0.1) is 6.92 Å². The van der Waals surface area contributed by atoms with Gasteiger partial charge in [0.05, 0.1) is 30.5 Å². The van der Waals surface area contributed by atoms with Gasteiger partial charge in [-0.3, -0.25) is 19.3 Å². The van der Waals surface area contributed by atoms with Crippen LogP contribution in [0.25, 0.3) is 6.08 Å². The van der Waals surface area contributed by atoms with Gasteiger partial charge >= 0.3 is 17.8 Å². The van der Waals surface area contributed by atoms with Gasteiger partial charge in [0.15, 0.2) is 0 Å². The lowest BCUT2D eigenvalue weighted by Crippen LogP contribution is -2.34. The average molecular weight is 534 g/mol. The number of nitrogens with zero attached hydrogens (tertiary/aromatic N) is 1. The summed E-state index contributed by atoms with van der Waals surface area (Å²) in [5.41, 5.74) is 2.41. The van der Waals surface area contributed by atoms with Crippen LogP contribution in [0.1, 0.15) is 24.0 Å². The minimum absolute atomic E-state index is 0.0646. The van der Waals surface area contributed by atoms with Gasteiger partial charge in [-0.15, -0.1) is 0 Å². The van der Waals surface area contributed by atoms with Crippen LogP contribution < -0.4 is 15.5 Å². The molecule has 2 aromatic carbocycles. The Morgan fingerprint density at radius 3 is 2.45 bits per heavy atom. The van der Waals surface area contributed by atoms with Crippen molar-refractivity contribution in [3.63, 3.8) is 0 Å². The van der Waals surface area contributed by atoms with Crippen LogP contribution in [0.5, 0.6) is 0 Å². The third-order valence-corrected chi connectivity index (χ3v) is 6.24. The molecule has 4 rings (SSSR count). The van der Waals surface area contributed by atoms with Gasteiger partial charge < -0.3 is 19.8 Å². The molecule has 0 saturated carbocycles. The molecule has 0 aliphatic carbocycles. The Bertz CT molecular complexity index is 1490. The molecule has 9 nitrogen and oxygen atoms in total. The number of aryl methyl sites for hydroxylation is 1. The van der Waals surface area contributed by atoms with Crippen molar-refractivity contribution in [2.75, 3.05) is 17.3 Å². The molecule has 0 radical (unpaired) electrons. The monoisotopic (exact) mass is 533 g/mol. The van der Waals surface area contributed by atoms with Crippen LogP contribution in [-0.4, -0.2) is 30.8 Å². The van der Waals surface area contributed by atoms with Gasteiger partial charge in [-0.2, -0.15) is 0 Å². The van der Waals surface area contributed by atoms with Gasteiger partial charge in [-0.25, -0.2) is 4.79 Å². The van der Waals surface area contributed by atoms with Crippen molar-refractivity contribution < 1.29 is 28.3 Å². The summed E-state index contributed by atoms with van der Waals surface area (Å²) in [5, 5.41) is 5.46. The summed E-state index contributed by atoms with van der Waals surface area (Å²) >= 11 is 6.26. The van der Waals surface area contributed by atoms with E-state index in [9.17, 15) is 19.2 Å². The smallest absolute Gasteiger partial charge is 0.340 e.